The van der Waals surface area contributed by atoms with Gasteiger partial charge in [-0.1, -0.05) is 0 Å². The lowest BCUT2D eigenvalue weighted by atomic mass is 10.4. The number of carbonyl (C=O) groups excluding carboxylic acids is 3. The molecule has 9 nitrogen and oxygen atoms in total. The highest BCUT2D eigenvalue weighted by molar-refractivity contribution is 5.71. The fourth-order valence-corrected chi connectivity index (χ4v) is 1.65. The normalized spacial score (nSPS) is 11.5. The van der Waals surface area contributed by atoms with E-state index in [9.17, 15) is 14.4 Å². The van der Waals surface area contributed by atoms with E-state index in [-0.39, 0.29) is 13.2 Å². The van der Waals surface area contributed by atoms with Gasteiger partial charge in [-0.2, -0.15) is 0 Å². The molecule has 9 heteroatoms. The van der Waals surface area contributed by atoms with Crippen molar-refractivity contribution in [2.75, 3.05) is 13.2 Å². The van der Waals surface area contributed by atoms with E-state index in [0.29, 0.717) is 0 Å². The van der Waals surface area contributed by atoms with Gasteiger partial charge in [0.2, 0.25) is 0 Å². The Bertz CT molecular complexity index is 600. The Morgan fingerprint density at radius 1 is 1.00 bits per heavy atom. The van der Waals surface area contributed by atoms with Gasteiger partial charge in [0.25, 0.3) is 0 Å². The minimum Gasteiger partial charge on any atom is -0.455 e. The molecule has 0 spiro atoms. The van der Waals surface area contributed by atoms with Crippen LogP contribution in [0.4, 0.5) is 9.59 Å². The summed E-state index contributed by atoms with van der Waals surface area (Å²) in [6, 6.07) is 3.33. The first kappa shape index (κ1) is 16.3. The van der Waals surface area contributed by atoms with Crippen molar-refractivity contribution < 1.29 is 28.6 Å². The third-order valence-corrected chi connectivity index (χ3v) is 2.65. The highest BCUT2D eigenvalue weighted by atomic mass is 16.6. The predicted octanol–water partition coefficient (Wildman–Crippen LogP) is 1.29. The SMILES string of the molecule is CC(=O)OC(COC(=O)n1cccc1)COC(=O)n1ccnc1. The molecule has 0 amide bonds. The molecule has 0 saturated carbocycles. The minimum absolute atomic E-state index is 0.242. The first-order valence-corrected chi connectivity index (χ1v) is 6.68. The molecule has 2 aromatic rings. The third-order valence-electron chi connectivity index (χ3n) is 2.65. The van der Waals surface area contributed by atoms with Gasteiger partial charge in [0.1, 0.15) is 19.5 Å². The van der Waals surface area contributed by atoms with Crippen LogP contribution < -0.4 is 0 Å². The number of esters is 1. The zero-order valence-corrected chi connectivity index (χ0v) is 12.3. The lowest BCUT2D eigenvalue weighted by Gasteiger charge is -2.17. The maximum absolute atomic E-state index is 11.7. The Kier molecular flexibility index (Phi) is 5.50. The minimum atomic E-state index is -0.903. The third kappa shape index (κ3) is 4.99. The Labute approximate surface area is 131 Å². The van der Waals surface area contributed by atoms with Crippen molar-refractivity contribution >= 4 is 18.2 Å². The molecule has 2 aromatic heterocycles. The Morgan fingerprint density at radius 2 is 1.61 bits per heavy atom. The molecular formula is C14H15N3O6. The summed E-state index contributed by atoms with van der Waals surface area (Å²) >= 11 is 0. The summed E-state index contributed by atoms with van der Waals surface area (Å²) in [6.45, 7) is 0.710. The Balaban J connectivity index is 1.85. The van der Waals surface area contributed by atoms with Gasteiger partial charge in [0.05, 0.1) is 0 Å². The van der Waals surface area contributed by atoms with Crippen LogP contribution >= 0.6 is 0 Å². The summed E-state index contributed by atoms with van der Waals surface area (Å²) < 4.78 is 17.3. The van der Waals surface area contributed by atoms with Crippen LogP contribution in [0.1, 0.15) is 6.92 Å². The summed E-state index contributed by atoms with van der Waals surface area (Å²) in [5.41, 5.74) is 0. The molecule has 0 saturated heterocycles. The van der Waals surface area contributed by atoms with Crippen molar-refractivity contribution in [3.8, 4) is 0 Å². The van der Waals surface area contributed by atoms with E-state index in [1.807, 2.05) is 0 Å². The van der Waals surface area contributed by atoms with E-state index < -0.39 is 24.3 Å². The molecule has 0 aliphatic carbocycles. The van der Waals surface area contributed by atoms with Gasteiger partial charge in [-0.3, -0.25) is 9.36 Å². The maximum Gasteiger partial charge on any atom is 0.419 e. The number of imidazole rings is 1. The lowest BCUT2D eigenvalue weighted by molar-refractivity contribution is -0.150. The van der Waals surface area contributed by atoms with Crippen LogP contribution in [0.3, 0.4) is 0 Å². The topological polar surface area (TPSA) is 102 Å². The monoisotopic (exact) mass is 321 g/mol. The van der Waals surface area contributed by atoms with E-state index in [0.717, 1.165) is 4.57 Å². The zero-order chi connectivity index (χ0) is 16.7. The van der Waals surface area contributed by atoms with Crippen LogP contribution in [-0.4, -0.2) is 51.6 Å². The summed E-state index contributed by atoms with van der Waals surface area (Å²) in [4.78, 5) is 38.2. The summed E-state index contributed by atoms with van der Waals surface area (Å²) in [5, 5.41) is 0. The van der Waals surface area contributed by atoms with Crippen LogP contribution in [0.25, 0.3) is 0 Å². The largest absolute Gasteiger partial charge is 0.455 e. The summed E-state index contributed by atoms with van der Waals surface area (Å²) in [5.74, 6) is -0.578. The second kappa shape index (κ2) is 7.78. The van der Waals surface area contributed by atoms with E-state index in [1.54, 1.807) is 12.1 Å². The summed E-state index contributed by atoms with van der Waals surface area (Å²) in [7, 11) is 0. The second-order valence-corrected chi connectivity index (χ2v) is 4.45. The molecule has 2 heterocycles. The quantitative estimate of drug-likeness (QED) is 0.604. The van der Waals surface area contributed by atoms with Gasteiger partial charge in [0.15, 0.2) is 6.10 Å². The van der Waals surface area contributed by atoms with Gasteiger partial charge in [-0.05, 0) is 12.1 Å². The molecule has 0 aliphatic heterocycles. The average molecular weight is 321 g/mol. The first-order chi connectivity index (χ1) is 11.1. The number of hydrogen-bond donors (Lipinski definition) is 0. The molecule has 0 aromatic carbocycles. The van der Waals surface area contributed by atoms with Crippen LogP contribution in [0, 0.1) is 0 Å². The lowest BCUT2D eigenvalue weighted by Crippen LogP contribution is -2.31. The van der Waals surface area contributed by atoms with Gasteiger partial charge in [-0.25, -0.2) is 19.1 Å². The Hall–Kier alpha value is -3.10. The number of rotatable bonds is 5. The fourth-order valence-electron chi connectivity index (χ4n) is 1.65. The van der Waals surface area contributed by atoms with Crippen molar-refractivity contribution in [1.82, 2.24) is 14.1 Å². The van der Waals surface area contributed by atoms with Crippen LogP contribution in [-0.2, 0) is 19.0 Å². The van der Waals surface area contributed by atoms with Crippen molar-refractivity contribution in [3.05, 3.63) is 43.2 Å². The molecule has 1 atom stereocenters. The predicted molar refractivity (Wildman–Crippen MR) is 75.7 cm³/mol. The molecule has 0 fully saturated rings. The maximum atomic E-state index is 11.7. The molecule has 0 radical (unpaired) electrons. The molecule has 23 heavy (non-hydrogen) atoms. The van der Waals surface area contributed by atoms with Crippen molar-refractivity contribution in [2.24, 2.45) is 0 Å². The van der Waals surface area contributed by atoms with Crippen molar-refractivity contribution in [3.63, 3.8) is 0 Å². The fraction of sp³-hybridized carbons (Fsp3) is 0.286. The zero-order valence-electron chi connectivity index (χ0n) is 12.3. The standard InChI is InChI=1S/C14H15N3O6/c1-11(18)23-12(8-21-13(19)16-5-2-3-6-16)9-22-14(20)17-7-4-15-10-17/h2-7,10,12H,8-9H2,1H3. The van der Waals surface area contributed by atoms with E-state index in [4.69, 9.17) is 14.2 Å². The second-order valence-electron chi connectivity index (χ2n) is 4.45. The molecule has 2 rings (SSSR count). The molecule has 0 aliphatic rings. The van der Waals surface area contributed by atoms with E-state index in [2.05, 4.69) is 4.98 Å². The van der Waals surface area contributed by atoms with E-state index in [1.165, 1.54) is 42.6 Å². The number of hydrogen-bond acceptors (Lipinski definition) is 7. The molecule has 0 N–H and O–H groups in total. The van der Waals surface area contributed by atoms with Gasteiger partial charge in [-0.15, -0.1) is 0 Å². The first-order valence-electron chi connectivity index (χ1n) is 6.68. The van der Waals surface area contributed by atoms with Gasteiger partial charge in [0, 0.05) is 31.7 Å². The molecule has 1 unspecified atom stereocenters. The van der Waals surface area contributed by atoms with Crippen LogP contribution in [0.2, 0.25) is 0 Å². The number of carbonyl (C=O) groups is 3. The number of ether oxygens (including phenoxy) is 3. The smallest absolute Gasteiger partial charge is 0.419 e. The van der Waals surface area contributed by atoms with E-state index >= 15 is 0 Å². The molecule has 122 valence electrons. The van der Waals surface area contributed by atoms with Crippen LogP contribution in [0.15, 0.2) is 43.2 Å². The van der Waals surface area contributed by atoms with Crippen molar-refractivity contribution in [2.45, 2.75) is 13.0 Å². The van der Waals surface area contributed by atoms with Crippen molar-refractivity contribution in [1.29, 1.82) is 0 Å². The average Bonchev–Trinajstić information content (AvgIpc) is 3.21. The Morgan fingerprint density at radius 3 is 2.13 bits per heavy atom. The van der Waals surface area contributed by atoms with Crippen LogP contribution in [0.5, 0.6) is 0 Å². The highest BCUT2D eigenvalue weighted by Crippen LogP contribution is 2.01. The molecule has 0 bridgehead atoms. The summed E-state index contributed by atoms with van der Waals surface area (Å²) in [6.07, 6.45) is 4.92. The number of nitrogens with zero attached hydrogens (tertiary/aromatic N) is 3. The number of aromatic nitrogens is 3. The van der Waals surface area contributed by atoms with Gasteiger partial charge >= 0.3 is 18.2 Å². The molecular weight excluding hydrogens is 306 g/mol. The van der Waals surface area contributed by atoms with Gasteiger partial charge < -0.3 is 14.2 Å². The highest BCUT2D eigenvalue weighted by Gasteiger charge is 2.18.